The van der Waals surface area contributed by atoms with E-state index in [1.54, 1.807) is 11.7 Å². The van der Waals surface area contributed by atoms with Crippen molar-refractivity contribution in [1.82, 2.24) is 9.78 Å². The average Bonchev–Trinajstić information content (AvgIpc) is 2.29. The molecule has 1 saturated carbocycles. The van der Waals surface area contributed by atoms with Crippen LogP contribution in [0.4, 0.5) is 0 Å². The van der Waals surface area contributed by atoms with Gasteiger partial charge in [0.15, 0.2) is 5.69 Å². The summed E-state index contributed by atoms with van der Waals surface area (Å²) in [6, 6.07) is 0. The third-order valence-electron chi connectivity index (χ3n) is 2.73. The van der Waals surface area contributed by atoms with Crippen molar-refractivity contribution < 1.29 is 9.90 Å². The Morgan fingerprint density at radius 1 is 1.64 bits per heavy atom. The average molecular weight is 215 g/mol. The lowest BCUT2D eigenvalue weighted by molar-refractivity contribution is 0.0690. The first-order chi connectivity index (χ1) is 6.61. The molecule has 0 aromatic carbocycles. The lowest BCUT2D eigenvalue weighted by atomic mass is 9.83. The molecule has 0 saturated heterocycles. The summed E-state index contributed by atoms with van der Waals surface area (Å²) in [5.74, 6) is -0.663. The number of aromatic carboxylic acids is 1. The maximum Gasteiger partial charge on any atom is 0.357 e. The van der Waals surface area contributed by atoms with E-state index in [2.05, 4.69) is 5.10 Å². The predicted molar refractivity (Wildman–Crippen MR) is 51.8 cm³/mol. The van der Waals surface area contributed by atoms with Crippen molar-refractivity contribution in [1.29, 1.82) is 0 Å². The predicted octanol–water partition coefficient (Wildman–Crippen LogP) is 2.04. The zero-order chi connectivity index (χ0) is 10.3. The fraction of sp³-hybridized carbons (Fsp3) is 0.556. The molecule has 0 amide bonds. The van der Waals surface area contributed by atoms with Crippen LogP contribution in [0.5, 0.6) is 0 Å². The van der Waals surface area contributed by atoms with Crippen molar-refractivity contribution in [2.45, 2.75) is 25.2 Å². The van der Waals surface area contributed by atoms with Gasteiger partial charge in [-0.2, -0.15) is 5.10 Å². The molecule has 1 fully saturated rings. The van der Waals surface area contributed by atoms with Gasteiger partial charge in [-0.1, -0.05) is 18.0 Å². The minimum absolute atomic E-state index is 0.0314. The molecular formula is C9H11ClN2O2. The Morgan fingerprint density at radius 3 is 2.64 bits per heavy atom. The molecule has 1 aromatic heterocycles. The number of hydrogen-bond donors (Lipinski definition) is 1. The topological polar surface area (TPSA) is 55.1 Å². The van der Waals surface area contributed by atoms with E-state index < -0.39 is 5.97 Å². The molecule has 0 aliphatic heterocycles. The molecule has 1 aliphatic carbocycles. The summed E-state index contributed by atoms with van der Waals surface area (Å²) >= 11 is 5.97. The maximum absolute atomic E-state index is 10.8. The number of nitrogens with zero attached hydrogens (tertiary/aromatic N) is 2. The quantitative estimate of drug-likeness (QED) is 0.820. The minimum Gasteiger partial charge on any atom is -0.476 e. The number of carboxylic acids is 1. The second-order valence-corrected chi connectivity index (χ2v) is 3.98. The number of hydrogen-bond acceptors (Lipinski definition) is 2. The molecule has 2 rings (SSSR count). The van der Waals surface area contributed by atoms with Crippen LogP contribution >= 0.6 is 11.6 Å². The molecule has 1 aliphatic rings. The molecule has 1 aromatic rings. The molecule has 0 radical (unpaired) electrons. The Labute approximate surface area is 86.5 Å². The largest absolute Gasteiger partial charge is 0.476 e. The highest BCUT2D eigenvalue weighted by molar-refractivity contribution is 6.34. The summed E-state index contributed by atoms with van der Waals surface area (Å²) in [5.41, 5.74) is 0.839. The van der Waals surface area contributed by atoms with Gasteiger partial charge in [-0.3, -0.25) is 4.68 Å². The van der Waals surface area contributed by atoms with Crippen LogP contribution in [0.25, 0.3) is 0 Å². The summed E-state index contributed by atoms with van der Waals surface area (Å²) in [6.07, 6.45) is 3.35. The van der Waals surface area contributed by atoms with Crippen molar-refractivity contribution in [2.24, 2.45) is 7.05 Å². The van der Waals surface area contributed by atoms with Crippen LogP contribution in [0.1, 0.15) is 41.4 Å². The Kier molecular flexibility index (Phi) is 2.23. The second kappa shape index (κ2) is 3.28. The monoisotopic (exact) mass is 214 g/mol. The Balaban J connectivity index is 2.43. The van der Waals surface area contributed by atoms with Gasteiger partial charge in [-0.15, -0.1) is 0 Å². The standard InChI is InChI=1S/C9H11ClN2O2/c1-12-8(5-3-2-4-5)6(10)7(11-12)9(13)14/h5H,2-4H2,1H3,(H,13,14). The molecule has 0 bridgehead atoms. The fourth-order valence-corrected chi connectivity index (χ4v) is 2.17. The van der Waals surface area contributed by atoms with Gasteiger partial charge in [0.25, 0.3) is 0 Å². The van der Waals surface area contributed by atoms with Crippen molar-refractivity contribution in [3.8, 4) is 0 Å². The van der Waals surface area contributed by atoms with Crippen molar-refractivity contribution >= 4 is 17.6 Å². The van der Waals surface area contributed by atoms with E-state index in [0.717, 1.165) is 18.5 Å². The first-order valence-electron chi connectivity index (χ1n) is 4.57. The zero-order valence-electron chi connectivity index (χ0n) is 7.83. The molecule has 0 spiro atoms. The highest BCUT2D eigenvalue weighted by atomic mass is 35.5. The Morgan fingerprint density at radius 2 is 2.29 bits per heavy atom. The van der Waals surface area contributed by atoms with Crippen LogP contribution in [0.3, 0.4) is 0 Å². The highest BCUT2D eigenvalue weighted by Gasteiger charge is 2.29. The number of rotatable bonds is 2. The number of halogens is 1. The zero-order valence-corrected chi connectivity index (χ0v) is 8.58. The van der Waals surface area contributed by atoms with Gasteiger partial charge >= 0.3 is 5.97 Å². The van der Waals surface area contributed by atoms with E-state index in [1.165, 1.54) is 6.42 Å². The Bertz CT molecular complexity index is 382. The van der Waals surface area contributed by atoms with E-state index in [9.17, 15) is 4.79 Å². The number of carbonyl (C=O) groups is 1. The molecule has 1 N–H and O–H groups in total. The van der Waals surface area contributed by atoms with E-state index in [0.29, 0.717) is 10.9 Å². The van der Waals surface area contributed by atoms with E-state index in [1.807, 2.05) is 0 Å². The van der Waals surface area contributed by atoms with Crippen LogP contribution in [-0.4, -0.2) is 20.9 Å². The lowest BCUT2D eigenvalue weighted by Gasteiger charge is -2.25. The first kappa shape index (κ1) is 9.52. The van der Waals surface area contributed by atoms with Gasteiger partial charge < -0.3 is 5.11 Å². The summed E-state index contributed by atoms with van der Waals surface area (Å²) in [7, 11) is 1.74. The fourth-order valence-electron chi connectivity index (χ4n) is 1.77. The number of aryl methyl sites for hydroxylation is 1. The van der Waals surface area contributed by atoms with Crippen molar-refractivity contribution in [3.63, 3.8) is 0 Å². The van der Waals surface area contributed by atoms with Gasteiger partial charge in [0, 0.05) is 13.0 Å². The normalized spacial score (nSPS) is 16.7. The van der Waals surface area contributed by atoms with Crippen LogP contribution < -0.4 is 0 Å². The molecule has 0 unspecified atom stereocenters. The second-order valence-electron chi connectivity index (χ2n) is 3.60. The summed E-state index contributed by atoms with van der Waals surface area (Å²) < 4.78 is 1.59. The summed E-state index contributed by atoms with van der Waals surface area (Å²) in [6.45, 7) is 0. The van der Waals surface area contributed by atoms with Gasteiger partial charge in [-0.25, -0.2) is 4.79 Å². The number of carboxylic acid groups (broad SMARTS) is 1. The molecule has 4 nitrogen and oxygen atoms in total. The smallest absolute Gasteiger partial charge is 0.357 e. The van der Waals surface area contributed by atoms with Crippen molar-refractivity contribution in [2.75, 3.05) is 0 Å². The lowest BCUT2D eigenvalue weighted by Crippen LogP contribution is -2.13. The van der Waals surface area contributed by atoms with Gasteiger partial charge in [0.05, 0.1) is 10.7 Å². The molecule has 0 atom stereocenters. The molecule has 5 heteroatoms. The van der Waals surface area contributed by atoms with E-state index >= 15 is 0 Å². The molecule has 14 heavy (non-hydrogen) atoms. The SMILES string of the molecule is Cn1nc(C(=O)O)c(Cl)c1C1CCC1. The maximum atomic E-state index is 10.8. The number of aromatic nitrogens is 2. The van der Waals surface area contributed by atoms with Crippen LogP contribution in [0.2, 0.25) is 5.02 Å². The van der Waals surface area contributed by atoms with Crippen LogP contribution in [0, 0.1) is 0 Å². The summed E-state index contributed by atoms with van der Waals surface area (Å²) in [4.78, 5) is 10.8. The molecular weight excluding hydrogens is 204 g/mol. The third-order valence-corrected chi connectivity index (χ3v) is 3.10. The highest BCUT2D eigenvalue weighted by Crippen LogP contribution is 2.40. The van der Waals surface area contributed by atoms with E-state index in [-0.39, 0.29) is 5.69 Å². The van der Waals surface area contributed by atoms with Gasteiger partial charge in [-0.05, 0) is 12.8 Å². The van der Waals surface area contributed by atoms with Gasteiger partial charge in [0.1, 0.15) is 0 Å². The van der Waals surface area contributed by atoms with Gasteiger partial charge in [0.2, 0.25) is 0 Å². The van der Waals surface area contributed by atoms with E-state index in [4.69, 9.17) is 16.7 Å². The van der Waals surface area contributed by atoms with Crippen molar-refractivity contribution in [3.05, 3.63) is 16.4 Å². The summed E-state index contributed by atoms with van der Waals surface area (Å²) in [5, 5.41) is 13.0. The Hall–Kier alpha value is -1.03. The molecule has 1 heterocycles. The van der Waals surface area contributed by atoms with Crippen LogP contribution in [0.15, 0.2) is 0 Å². The third kappa shape index (κ3) is 1.30. The first-order valence-corrected chi connectivity index (χ1v) is 4.94. The van der Waals surface area contributed by atoms with Crippen LogP contribution in [-0.2, 0) is 7.05 Å². The minimum atomic E-state index is -1.06. The molecule has 76 valence electrons.